The van der Waals surface area contributed by atoms with Crippen LogP contribution in [0.2, 0.25) is 0 Å². The van der Waals surface area contributed by atoms with Gasteiger partial charge in [-0.3, -0.25) is 4.79 Å². The van der Waals surface area contributed by atoms with E-state index in [1.54, 1.807) is 11.8 Å². The van der Waals surface area contributed by atoms with Gasteiger partial charge in [0.2, 0.25) is 5.91 Å². The minimum Gasteiger partial charge on any atom is -0.486 e. The lowest BCUT2D eigenvalue weighted by Crippen LogP contribution is -2.24. The van der Waals surface area contributed by atoms with Crippen molar-refractivity contribution >= 4 is 17.7 Å². The number of amides is 1. The van der Waals surface area contributed by atoms with Crippen LogP contribution in [0.5, 0.6) is 11.5 Å². The standard InChI is InChI=1S/C19H21NO3S/c1-14-2-4-15(5-3-14)12-24-13-19(21)20-11-16-6-7-17-18(10-16)23-9-8-22-17/h2-7,10H,8-9,11-13H2,1H3,(H,20,21). The summed E-state index contributed by atoms with van der Waals surface area (Å²) < 4.78 is 11.0. The predicted molar refractivity (Wildman–Crippen MR) is 96.6 cm³/mol. The first-order chi connectivity index (χ1) is 11.7. The van der Waals surface area contributed by atoms with Crippen molar-refractivity contribution in [1.29, 1.82) is 0 Å². The second kappa shape index (κ2) is 8.11. The predicted octanol–water partition coefficient (Wildman–Crippen LogP) is 3.32. The minimum atomic E-state index is 0.0435. The summed E-state index contributed by atoms with van der Waals surface area (Å²) >= 11 is 1.62. The molecule has 3 rings (SSSR count). The molecule has 1 heterocycles. The lowest BCUT2D eigenvalue weighted by molar-refractivity contribution is -0.118. The van der Waals surface area contributed by atoms with Gasteiger partial charge in [-0.1, -0.05) is 35.9 Å². The first kappa shape index (κ1) is 16.7. The lowest BCUT2D eigenvalue weighted by Gasteiger charge is -2.18. The maximum Gasteiger partial charge on any atom is 0.230 e. The Labute approximate surface area is 146 Å². The van der Waals surface area contributed by atoms with Gasteiger partial charge >= 0.3 is 0 Å². The van der Waals surface area contributed by atoms with Crippen molar-refractivity contribution < 1.29 is 14.3 Å². The Kier molecular flexibility index (Phi) is 5.64. The number of carbonyl (C=O) groups excluding carboxylic acids is 1. The Morgan fingerprint density at radius 1 is 1.04 bits per heavy atom. The molecular formula is C19H21NO3S. The Bertz CT molecular complexity index is 700. The number of nitrogens with one attached hydrogen (secondary N) is 1. The fourth-order valence-corrected chi connectivity index (χ4v) is 3.21. The van der Waals surface area contributed by atoms with Crippen LogP contribution in [0.15, 0.2) is 42.5 Å². The van der Waals surface area contributed by atoms with Gasteiger partial charge in [-0.15, -0.1) is 11.8 Å². The van der Waals surface area contributed by atoms with E-state index in [1.165, 1.54) is 11.1 Å². The number of aryl methyl sites for hydroxylation is 1. The van der Waals surface area contributed by atoms with Crippen LogP contribution >= 0.6 is 11.8 Å². The normalized spacial score (nSPS) is 12.7. The highest BCUT2D eigenvalue weighted by atomic mass is 32.2. The Morgan fingerprint density at radius 3 is 2.54 bits per heavy atom. The van der Waals surface area contributed by atoms with Crippen LogP contribution in [-0.4, -0.2) is 24.9 Å². The van der Waals surface area contributed by atoms with Crippen molar-refractivity contribution in [2.24, 2.45) is 0 Å². The number of hydrogen-bond donors (Lipinski definition) is 1. The van der Waals surface area contributed by atoms with E-state index in [0.717, 1.165) is 22.8 Å². The van der Waals surface area contributed by atoms with E-state index in [1.807, 2.05) is 18.2 Å². The molecule has 4 nitrogen and oxygen atoms in total. The van der Waals surface area contributed by atoms with Gasteiger partial charge in [-0.2, -0.15) is 0 Å². The molecule has 5 heteroatoms. The zero-order valence-electron chi connectivity index (χ0n) is 13.7. The number of thioether (sulfide) groups is 1. The molecule has 0 radical (unpaired) electrons. The second-order valence-electron chi connectivity index (χ2n) is 5.73. The zero-order chi connectivity index (χ0) is 16.8. The fourth-order valence-electron chi connectivity index (χ4n) is 2.40. The Morgan fingerprint density at radius 2 is 1.75 bits per heavy atom. The van der Waals surface area contributed by atoms with Crippen LogP contribution in [0.25, 0.3) is 0 Å². The fraction of sp³-hybridized carbons (Fsp3) is 0.316. The van der Waals surface area contributed by atoms with Gasteiger partial charge in [-0.25, -0.2) is 0 Å². The van der Waals surface area contributed by atoms with Crippen LogP contribution < -0.4 is 14.8 Å². The number of benzene rings is 2. The molecule has 1 aliphatic rings. The first-order valence-corrected chi connectivity index (χ1v) is 9.15. The lowest BCUT2D eigenvalue weighted by atomic mass is 10.2. The van der Waals surface area contributed by atoms with Crippen molar-refractivity contribution in [2.45, 2.75) is 19.2 Å². The van der Waals surface area contributed by atoms with Gasteiger partial charge < -0.3 is 14.8 Å². The second-order valence-corrected chi connectivity index (χ2v) is 6.72. The van der Waals surface area contributed by atoms with Gasteiger partial charge in [0.1, 0.15) is 13.2 Å². The van der Waals surface area contributed by atoms with Crippen LogP contribution in [-0.2, 0) is 17.1 Å². The van der Waals surface area contributed by atoms with Crippen molar-refractivity contribution in [1.82, 2.24) is 5.32 Å². The van der Waals surface area contributed by atoms with Crippen molar-refractivity contribution in [3.8, 4) is 11.5 Å². The van der Waals surface area contributed by atoms with Gasteiger partial charge in [0, 0.05) is 12.3 Å². The molecule has 0 atom stereocenters. The molecule has 0 saturated carbocycles. The van der Waals surface area contributed by atoms with E-state index < -0.39 is 0 Å². The average Bonchev–Trinajstić information content (AvgIpc) is 2.61. The highest BCUT2D eigenvalue weighted by Crippen LogP contribution is 2.30. The summed E-state index contributed by atoms with van der Waals surface area (Å²) in [6, 6.07) is 14.2. The summed E-state index contributed by atoms with van der Waals surface area (Å²) in [6.07, 6.45) is 0. The molecule has 0 saturated heterocycles. The minimum absolute atomic E-state index is 0.0435. The van der Waals surface area contributed by atoms with Gasteiger partial charge in [0.25, 0.3) is 0 Å². The molecule has 0 unspecified atom stereocenters. The third kappa shape index (κ3) is 4.68. The van der Waals surface area contributed by atoms with E-state index in [4.69, 9.17) is 9.47 Å². The van der Waals surface area contributed by atoms with E-state index in [-0.39, 0.29) is 5.91 Å². The maximum absolute atomic E-state index is 12.0. The molecule has 1 N–H and O–H groups in total. The summed E-state index contributed by atoms with van der Waals surface area (Å²) in [4.78, 5) is 12.0. The van der Waals surface area contributed by atoms with Gasteiger partial charge in [0.05, 0.1) is 5.75 Å². The smallest absolute Gasteiger partial charge is 0.230 e. The van der Waals surface area contributed by atoms with Crippen LogP contribution in [0, 0.1) is 6.92 Å². The third-order valence-corrected chi connectivity index (χ3v) is 4.72. The summed E-state index contributed by atoms with van der Waals surface area (Å²) in [5.74, 6) is 2.87. The number of rotatable bonds is 6. The molecule has 126 valence electrons. The van der Waals surface area contributed by atoms with E-state index >= 15 is 0 Å². The number of fused-ring (bicyclic) bond motifs is 1. The summed E-state index contributed by atoms with van der Waals surface area (Å²) in [5, 5.41) is 2.95. The monoisotopic (exact) mass is 343 g/mol. The Hall–Kier alpha value is -2.14. The van der Waals surface area contributed by atoms with Crippen LogP contribution in [0.1, 0.15) is 16.7 Å². The van der Waals surface area contributed by atoms with Gasteiger partial charge in [-0.05, 0) is 30.2 Å². The maximum atomic E-state index is 12.0. The molecule has 1 aliphatic heterocycles. The van der Waals surface area contributed by atoms with Crippen molar-refractivity contribution in [3.05, 3.63) is 59.2 Å². The number of ether oxygens (including phenoxy) is 2. The third-order valence-electron chi connectivity index (χ3n) is 3.72. The van der Waals surface area contributed by atoms with E-state index in [2.05, 4.69) is 36.5 Å². The SMILES string of the molecule is Cc1ccc(CSCC(=O)NCc2ccc3c(c2)OCCO3)cc1. The van der Waals surface area contributed by atoms with Crippen LogP contribution in [0.3, 0.4) is 0 Å². The largest absolute Gasteiger partial charge is 0.486 e. The molecule has 2 aromatic carbocycles. The zero-order valence-corrected chi connectivity index (χ0v) is 14.5. The average molecular weight is 343 g/mol. The van der Waals surface area contributed by atoms with Crippen LogP contribution in [0.4, 0.5) is 0 Å². The number of hydrogen-bond acceptors (Lipinski definition) is 4. The molecule has 2 aromatic rings. The van der Waals surface area contributed by atoms with E-state index in [0.29, 0.717) is 25.5 Å². The molecule has 0 spiro atoms. The summed E-state index contributed by atoms with van der Waals surface area (Å²) in [6.45, 7) is 3.72. The highest BCUT2D eigenvalue weighted by Gasteiger charge is 2.12. The molecule has 0 aromatic heterocycles. The molecule has 1 amide bonds. The van der Waals surface area contributed by atoms with Gasteiger partial charge in [0.15, 0.2) is 11.5 Å². The topological polar surface area (TPSA) is 47.6 Å². The highest BCUT2D eigenvalue weighted by molar-refractivity contribution is 7.99. The van der Waals surface area contributed by atoms with Crippen molar-refractivity contribution in [3.63, 3.8) is 0 Å². The quantitative estimate of drug-likeness (QED) is 0.874. The number of carbonyl (C=O) groups is 1. The molecular weight excluding hydrogens is 322 g/mol. The summed E-state index contributed by atoms with van der Waals surface area (Å²) in [7, 11) is 0. The molecule has 0 bridgehead atoms. The van der Waals surface area contributed by atoms with E-state index in [9.17, 15) is 4.79 Å². The van der Waals surface area contributed by atoms with Crippen molar-refractivity contribution in [2.75, 3.05) is 19.0 Å². The molecule has 0 fully saturated rings. The molecule has 24 heavy (non-hydrogen) atoms. The molecule has 0 aliphatic carbocycles. The Balaban J connectivity index is 1.41. The summed E-state index contributed by atoms with van der Waals surface area (Å²) in [5.41, 5.74) is 3.50. The first-order valence-electron chi connectivity index (χ1n) is 7.99.